The lowest BCUT2D eigenvalue weighted by Crippen LogP contribution is -2.45. The Labute approximate surface area is 107 Å². The van der Waals surface area contributed by atoms with Gasteiger partial charge in [-0.1, -0.05) is 6.92 Å². The summed E-state index contributed by atoms with van der Waals surface area (Å²) in [7, 11) is 1.83. The molecule has 1 fully saturated rings. The summed E-state index contributed by atoms with van der Waals surface area (Å²) in [5.74, 6) is 0.932. The zero-order chi connectivity index (χ0) is 12.1. The number of aryl methyl sites for hydroxylation is 1. The van der Waals surface area contributed by atoms with E-state index in [1.807, 2.05) is 18.4 Å². The second-order valence-electron chi connectivity index (χ2n) is 4.42. The first-order chi connectivity index (χ1) is 8.31. The summed E-state index contributed by atoms with van der Waals surface area (Å²) in [5, 5.41) is 6.81. The topological polar surface area (TPSA) is 36.4 Å². The van der Waals surface area contributed by atoms with E-state index in [1.54, 1.807) is 0 Å². The van der Waals surface area contributed by atoms with E-state index >= 15 is 0 Å². The Morgan fingerprint density at radius 1 is 1.41 bits per heavy atom. The van der Waals surface area contributed by atoms with E-state index < -0.39 is 0 Å². The van der Waals surface area contributed by atoms with Crippen LogP contribution in [0.1, 0.15) is 35.9 Å². The van der Waals surface area contributed by atoms with E-state index in [1.165, 1.54) is 29.0 Å². The van der Waals surface area contributed by atoms with Crippen LogP contribution in [0.3, 0.4) is 0 Å². The van der Waals surface area contributed by atoms with E-state index in [9.17, 15) is 0 Å². The summed E-state index contributed by atoms with van der Waals surface area (Å²) in [6.45, 7) is 3.07. The first kappa shape index (κ1) is 12.4. The number of nitrogens with zero attached hydrogens (tertiary/aromatic N) is 1. The molecule has 1 aliphatic carbocycles. The highest BCUT2D eigenvalue weighted by atomic mass is 32.1. The van der Waals surface area contributed by atoms with Crippen LogP contribution in [0.4, 0.5) is 0 Å². The fourth-order valence-corrected chi connectivity index (χ4v) is 2.72. The van der Waals surface area contributed by atoms with Gasteiger partial charge in [0.25, 0.3) is 0 Å². The van der Waals surface area contributed by atoms with Crippen LogP contribution >= 0.6 is 11.3 Å². The van der Waals surface area contributed by atoms with Crippen LogP contribution in [0.25, 0.3) is 0 Å². The van der Waals surface area contributed by atoms with Gasteiger partial charge in [0.1, 0.15) is 0 Å². The molecule has 0 saturated heterocycles. The molecule has 1 heterocycles. The molecule has 0 aromatic carbocycles. The minimum absolute atomic E-state index is 0.635. The summed E-state index contributed by atoms with van der Waals surface area (Å²) in [5.41, 5.74) is 0. The lowest BCUT2D eigenvalue weighted by atomic mass is 9.93. The van der Waals surface area contributed by atoms with Gasteiger partial charge >= 0.3 is 0 Å². The highest BCUT2D eigenvalue weighted by Crippen LogP contribution is 2.18. The first-order valence-electron chi connectivity index (χ1n) is 6.36. The quantitative estimate of drug-likeness (QED) is 0.637. The second-order valence-corrected chi connectivity index (χ2v) is 5.67. The molecule has 0 bridgehead atoms. The van der Waals surface area contributed by atoms with E-state index in [0.717, 1.165) is 18.9 Å². The van der Waals surface area contributed by atoms with Crippen LogP contribution in [0, 0.1) is 0 Å². The number of guanidine groups is 1. The van der Waals surface area contributed by atoms with Crippen molar-refractivity contribution in [3.05, 3.63) is 21.9 Å². The summed E-state index contributed by atoms with van der Waals surface area (Å²) in [4.78, 5) is 7.07. The third-order valence-electron chi connectivity index (χ3n) is 3.17. The molecule has 0 spiro atoms. The smallest absolute Gasteiger partial charge is 0.191 e. The van der Waals surface area contributed by atoms with Gasteiger partial charge in [0.2, 0.25) is 0 Å². The summed E-state index contributed by atoms with van der Waals surface area (Å²) >= 11 is 1.88. The molecule has 1 saturated carbocycles. The maximum Gasteiger partial charge on any atom is 0.191 e. The van der Waals surface area contributed by atoms with Gasteiger partial charge in [-0.15, -0.1) is 11.3 Å². The highest BCUT2D eigenvalue weighted by Gasteiger charge is 2.17. The van der Waals surface area contributed by atoms with Crippen molar-refractivity contribution in [2.75, 3.05) is 7.05 Å². The van der Waals surface area contributed by atoms with Crippen LogP contribution in [0.15, 0.2) is 17.1 Å². The van der Waals surface area contributed by atoms with Crippen molar-refractivity contribution in [3.8, 4) is 0 Å². The number of hydrogen-bond donors (Lipinski definition) is 2. The molecular weight excluding hydrogens is 230 g/mol. The molecule has 4 heteroatoms. The Balaban J connectivity index is 1.78. The summed E-state index contributed by atoms with van der Waals surface area (Å²) < 4.78 is 0. The SMILES string of the molecule is CCc1ccc(CNC(=NC)NC2CCC2)s1. The number of nitrogens with one attached hydrogen (secondary N) is 2. The molecule has 94 valence electrons. The van der Waals surface area contributed by atoms with Crippen LogP contribution in [-0.4, -0.2) is 19.0 Å². The maximum atomic E-state index is 4.25. The van der Waals surface area contributed by atoms with Crippen LogP contribution in [0.5, 0.6) is 0 Å². The van der Waals surface area contributed by atoms with E-state index in [4.69, 9.17) is 0 Å². The third-order valence-corrected chi connectivity index (χ3v) is 4.40. The van der Waals surface area contributed by atoms with Gasteiger partial charge in [0, 0.05) is 22.8 Å². The van der Waals surface area contributed by atoms with Gasteiger partial charge in [-0.25, -0.2) is 0 Å². The zero-order valence-corrected chi connectivity index (χ0v) is 11.4. The number of hydrogen-bond acceptors (Lipinski definition) is 2. The average molecular weight is 251 g/mol. The monoisotopic (exact) mass is 251 g/mol. The molecule has 0 atom stereocenters. The molecule has 2 rings (SSSR count). The highest BCUT2D eigenvalue weighted by molar-refractivity contribution is 7.11. The van der Waals surface area contributed by atoms with Crippen LogP contribution < -0.4 is 10.6 Å². The van der Waals surface area contributed by atoms with Crippen molar-refractivity contribution in [1.29, 1.82) is 0 Å². The first-order valence-corrected chi connectivity index (χ1v) is 7.18. The largest absolute Gasteiger partial charge is 0.354 e. The fraction of sp³-hybridized carbons (Fsp3) is 0.615. The predicted octanol–water partition coefficient (Wildman–Crippen LogP) is 2.53. The van der Waals surface area contributed by atoms with Crippen molar-refractivity contribution in [3.63, 3.8) is 0 Å². The van der Waals surface area contributed by atoms with Crippen molar-refractivity contribution in [2.45, 2.75) is 45.2 Å². The van der Waals surface area contributed by atoms with Crippen molar-refractivity contribution in [1.82, 2.24) is 10.6 Å². The van der Waals surface area contributed by atoms with Crippen LogP contribution in [0.2, 0.25) is 0 Å². The Morgan fingerprint density at radius 3 is 2.71 bits per heavy atom. The number of aliphatic imine (C=N–C) groups is 1. The average Bonchev–Trinajstić information content (AvgIpc) is 2.75. The predicted molar refractivity (Wildman–Crippen MR) is 74.7 cm³/mol. The molecule has 2 N–H and O–H groups in total. The summed E-state index contributed by atoms with van der Waals surface area (Å²) in [6.07, 6.45) is 5.03. The molecule has 1 aliphatic rings. The normalized spacial score (nSPS) is 16.7. The van der Waals surface area contributed by atoms with Gasteiger partial charge in [0.15, 0.2) is 5.96 Å². The Morgan fingerprint density at radius 2 is 2.18 bits per heavy atom. The third kappa shape index (κ3) is 3.46. The zero-order valence-electron chi connectivity index (χ0n) is 10.6. The van der Waals surface area contributed by atoms with Gasteiger partial charge < -0.3 is 10.6 Å². The van der Waals surface area contributed by atoms with Gasteiger partial charge in [-0.05, 0) is 37.8 Å². The molecule has 1 aromatic rings. The summed E-state index contributed by atoms with van der Waals surface area (Å²) in [6, 6.07) is 5.05. The minimum atomic E-state index is 0.635. The van der Waals surface area contributed by atoms with Gasteiger partial charge in [0.05, 0.1) is 6.54 Å². The standard InChI is InChI=1S/C13H21N3S/c1-3-11-7-8-12(17-11)9-15-13(14-2)16-10-5-4-6-10/h7-8,10H,3-6,9H2,1-2H3,(H2,14,15,16). The maximum absolute atomic E-state index is 4.25. The minimum Gasteiger partial charge on any atom is -0.354 e. The van der Waals surface area contributed by atoms with Gasteiger partial charge in [-0.2, -0.15) is 0 Å². The van der Waals surface area contributed by atoms with E-state index in [0.29, 0.717) is 6.04 Å². The molecule has 0 aliphatic heterocycles. The molecule has 1 aromatic heterocycles. The van der Waals surface area contributed by atoms with Gasteiger partial charge in [-0.3, -0.25) is 4.99 Å². The molecule has 0 radical (unpaired) electrons. The lowest BCUT2D eigenvalue weighted by Gasteiger charge is -2.28. The lowest BCUT2D eigenvalue weighted by molar-refractivity contribution is 0.380. The Hall–Kier alpha value is -1.03. The van der Waals surface area contributed by atoms with Crippen molar-refractivity contribution >= 4 is 17.3 Å². The Kier molecular flexibility index (Phi) is 4.42. The fourth-order valence-electron chi connectivity index (χ4n) is 1.82. The van der Waals surface area contributed by atoms with Crippen molar-refractivity contribution < 1.29 is 0 Å². The molecular formula is C13H21N3S. The van der Waals surface area contributed by atoms with E-state index in [2.05, 4.69) is 34.7 Å². The number of rotatable bonds is 4. The molecule has 3 nitrogen and oxygen atoms in total. The second kappa shape index (κ2) is 6.05. The van der Waals surface area contributed by atoms with Crippen LogP contribution in [-0.2, 0) is 13.0 Å². The van der Waals surface area contributed by atoms with Crippen molar-refractivity contribution in [2.24, 2.45) is 4.99 Å². The Bertz CT molecular complexity index is 380. The molecule has 0 unspecified atom stereocenters. The molecule has 17 heavy (non-hydrogen) atoms. The molecule has 0 amide bonds. The van der Waals surface area contributed by atoms with E-state index in [-0.39, 0.29) is 0 Å². The number of thiophene rings is 1.